The van der Waals surface area contributed by atoms with E-state index in [1.807, 2.05) is 21.1 Å². The Morgan fingerprint density at radius 2 is 0.818 bits per heavy atom. The summed E-state index contributed by atoms with van der Waals surface area (Å²) in [7, 11) is 1.49. The molecule has 2 atom stereocenters. The predicted octanol–water partition coefficient (Wildman–Crippen LogP) is 13.2. The highest BCUT2D eigenvalue weighted by Crippen LogP contribution is 2.43. The van der Waals surface area contributed by atoms with Gasteiger partial charge >= 0.3 is 19.8 Å². The summed E-state index contributed by atoms with van der Waals surface area (Å²) in [6.45, 7) is 4.41. The van der Waals surface area contributed by atoms with E-state index < -0.39 is 26.5 Å². The van der Waals surface area contributed by atoms with Crippen molar-refractivity contribution in [1.29, 1.82) is 0 Å². The van der Waals surface area contributed by atoms with Gasteiger partial charge in [-0.25, -0.2) is 4.57 Å². The number of hydrogen-bond acceptors (Lipinski definition) is 7. The van der Waals surface area contributed by atoms with Gasteiger partial charge in [-0.15, -0.1) is 0 Å². The van der Waals surface area contributed by atoms with Gasteiger partial charge in [0.25, 0.3) is 0 Å². The molecule has 55 heavy (non-hydrogen) atoms. The first kappa shape index (κ1) is 54.0. The lowest BCUT2D eigenvalue weighted by Gasteiger charge is -2.24. The average molecular weight is 805 g/mol. The number of carbonyl (C=O) groups excluding carboxylic acids is 2. The number of likely N-dealkylation sites (N-methyl/N-ethyl adjacent to an activating group) is 1. The third-order valence-electron chi connectivity index (χ3n) is 10.4. The van der Waals surface area contributed by atoms with Crippen LogP contribution in [0.2, 0.25) is 0 Å². The van der Waals surface area contributed by atoms with Crippen LogP contribution in [-0.4, -0.2) is 74.9 Å². The Bertz CT molecular complexity index is 912. The lowest BCUT2D eigenvalue weighted by Crippen LogP contribution is -2.37. The highest BCUT2D eigenvalue weighted by Gasteiger charge is 2.27. The zero-order valence-electron chi connectivity index (χ0n) is 36.9. The first-order chi connectivity index (χ1) is 26.5. The smallest absolute Gasteiger partial charge is 0.462 e. The monoisotopic (exact) mass is 805 g/mol. The van der Waals surface area contributed by atoms with Crippen LogP contribution >= 0.6 is 7.82 Å². The van der Waals surface area contributed by atoms with Crippen LogP contribution in [0.4, 0.5) is 0 Å². The number of ether oxygens (including phenoxy) is 2. The molecule has 0 saturated heterocycles. The first-order valence-electron chi connectivity index (χ1n) is 23.3. The Kier molecular flexibility index (Phi) is 37.8. The molecule has 0 aromatic heterocycles. The van der Waals surface area contributed by atoms with Gasteiger partial charge in [0.2, 0.25) is 0 Å². The van der Waals surface area contributed by atoms with Crippen molar-refractivity contribution in [3.05, 3.63) is 0 Å². The van der Waals surface area contributed by atoms with Crippen molar-refractivity contribution in [2.75, 3.05) is 47.5 Å². The quantitative estimate of drug-likeness (QED) is 0.0281. The Morgan fingerprint density at radius 1 is 0.491 bits per heavy atom. The summed E-state index contributed by atoms with van der Waals surface area (Å²) in [6.07, 6.45) is 39.0. The number of hydrogen-bond donors (Lipinski definition) is 1. The minimum atomic E-state index is -4.36. The summed E-state index contributed by atoms with van der Waals surface area (Å²) in [6, 6.07) is 0. The minimum Gasteiger partial charge on any atom is -0.462 e. The third kappa shape index (κ3) is 42.4. The van der Waals surface area contributed by atoms with Crippen LogP contribution < -0.4 is 0 Å². The van der Waals surface area contributed by atoms with Crippen molar-refractivity contribution in [3.8, 4) is 0 Å². The summed E-state index contributed by atoms with van der Waals surface area (Å²) >= 11 is 0. The highest BCUT2D eigenvalue weighted by molar-refractivity contribution is 7.47. The Balaban J connectivity index is 4.05. The number of phosphoric acid groups is 1. The molecule has 328 valence electrons. The summed E-state index contributed by atoms with van der Waals surface area (Å²) in [5.41, 5.74) is 0. The maximum atomic E-state index is 12.7. The zero-order chi connectivity index (χ0) is 40.7. The van der Waals surface area contributed by atoms with E-state index >= 15 is 0 Å². The fourth-order valence-corrected chi connectivity index (χ4v) is 7.46. The molecule has 0 bridgehead atoms. The third-order valence-corrected chi connectivity index (χ3v) is 11.4. The number of rotatable bonds is 43. The maximum Gasteiger partial charge on any atom is 0.472 e. The average Bonchev–Trinajstić information content (AvgIpc) is 3.13. The minimum absolute atomic E-state index is 0.0364. The van der Waals surface area contributed by atoms with Crippen molar-refractivity contribution in [2.24, 2.45) is 0 Å². The van der Waals surface area contributed by atoms with E-state index in [0.717, 1.165) is 38.5 Å². The normalized spacial score (nSPS) is 13.5. The molecule has 0 aliphatic carbocycles. The molecule has 0 aliphatic rings. The molecule has 0 aromatic rings. The fourth-order valence-electron chi connectivity index (χ4n) is 6.72. The number of quaternary nitrogens is 1. The lowest BCUT2D eigenvalue weighted by molar-refractivity contribution is -0.870. The molecule has 0 heterocycles. The van der Waals surface area contributed by atoms with Crippen molar-refractivity contribution >= 4 is 19.8 Å². The molecule has 0 fully saturated rings. The summed E-state index contributed by atoms with van der Waals surface area (Å²) in [5, 5.41) is 0. The largest absolute Gasteiger partial charge is 0.472 e. The van der Waals surface area contributed by atoms with E-state index in [9.17, 15) is 19.0 Å². The van der Waals surface area contributed by atoms with Crippen LogP contribution in [0.3, 0.4) is 0 Å². The van der Waals surface area contributed by atoms with E-state index in [2.05, 4.69) is 13.8 Å². The van der Waals surface area contributed by atoms with Crippen molar-refractivity contribution in [3.63, 3.8) is 0 Å². The van der Waals surface area contributed by atoms with Crippen LogP contribution in [-0.2, 0) is 32.7 Å². The fraction of sp³-hybridized carbons (Fsp3) is 0.956. The van der Waals surface area contributed by atoms with E-state index in [1.54, 1.807) is 0 Å². The molecule has 10 heteroatoms. The van der Waals surface area contributed by atoms with Gasteiger partial charge in [-0.1, -0.05) is 200 Å². The maximum absolute atomic E-state index is 12.7. The zero-order valence-corrected chi connectivity index (χ0v) is 37.8. The molecule has 0 amide bonds. The molecule has 0 saturated carbocycles. The van der Waals surface area contributed by atoms with Crippen LogP contribution in [0, 0.1) is 0 Å². The number of phosphoric ester groups is 1. The van der Waals surface area contributed by atoms with E-state index in [1.165, 1.54) is 161 Å². The van der Waals surface area contributed by atoms with E-state index in [0.29, 0.717) is 17.4 Å². The number of carbonyl (C=O) groups is 2. The molecule has 0 spiro atoms. The van der Waals surface area contributed by atoms with Crippen molar-refractivity contribution in [2.45, 2.75) is 232 Å². The van der Waals surface area contributed by atoms with Gasteiger partial charge in [0.15, 0.2) is 6.10 Å². The van der Waals surface area contributed by atoms with Gasteiger partial charge < -0.3 is 18.9 Å². The molecule has 2 unspecified atom stereocenters. The van der Waals surface area contributed by atoms with E-state index in [-0.39, 0.29) is 25.6 Å². The molecule has 9 nitrogen and oxygen atoms in total. The predicted molar refractivity (Wildman–Crippen MR) is 229 cm³/mol. The SMILES string of the molecule is CCCCCCCCCCCCCCCCCCCCCCCCCCC(=O)OC(COC(=O)CCCCCCCCC)COP(=O)(O)OCC[N+](C)(C)C. The molecular formula is C45H91NO8P+. The number of nitrogens with zero attached hydrogens (tertiary/aromatic N) is 1. The van der Waals surface area contributed by atoms with Gasteiger partial charge in [-0.2, -0.15) is 0 Å². The molecule has 0 radical (unpaired) electrons. The van der Waals surface area contributed by atoms with Gasteiger partial charge in [-0.3, -0.25) is 18.6 Å². The molecular weight excluding hydrogens is 713 g/mol. The van der Waals surface area contributed by atoms with Gasteiger partial charge in [0.1, 0.15) is 19.8 Å². The second-order valence-electron chi connectivity index (χ2n) is 17.2. The van der Waals surface area contributed by atoms with Crippen molar-refractivity contribution < 1.29 is 42.1 Å². The topological polar surface area (TPSA) is 108 Å². The van der Waals surface area contributed by atoms with Crippen LogP contribution in [0.15, 0.2) is 0 Å². The molecule has 0 aliphatic heterocycles. The van der Waals surface area contributed by atoms with Gasteiger partial charge in [-0.05, 0) is 12.8 Å². The Labute approximate surface area is 340 Å². The second-order valence-corrected chi connectivity index (χ2v) is 18.6. The Hall–Kier alpha value is -0.990. The van der Waals surface area contributed by atoms with Gasteiger partial charge in [0, 0.05) is 12.8 Å². The number of unbranched alkanes of at least 4 members (excludes halogenated alkanes) is 29. The summed E-state index contributed by atoms with van der Waals surface area (Å²) in [4.78, 5) is 35.2. The standard InChI is InChI=1S/C45H90NO8P/c1-6-8-10-12-14-15-16-17-18-19-20-21-22-23-24-25-26-27-28-29-30-32-34-36-38-45(48)54-43(42-53-55(49,50)52-40-39-46(3,4)5)41-51-44(47)37-35-33-31-13-11-9-7-2/h43H,6-42H2,1-5H3/p+1. The molecule has 0 rings (SSSR count). The summed E-state index contributed by atoms with van der Waals surface area (Å²) < 4.78 is 34.2. The Morgan fingerprint density at radius 3 is 1.16 bits per heavy atom. The molecule has 1 N–H and O–H groups in total. The summed E-state index contributed by atoms with van der Waals surface area (Å²) in [5.74, 6) is -0.791. The van der Waals surface area contributed by atoms with Gasteiger partial charge in [0.05, 0.1) is 27.7 Å². The van der Waals surface area contributed by atoms with Crippen LogP contribution in [0.5, 0.6) is 0 Å². The van der Waals surface area contributed by atoms with E-state index in [4.69, 9.17) is 18.5 Å². The number of esters is 2. The second kappa shape index (κ2) is 38.5. The van der Waals surface area contributed by atoms with Crippen molar-refractivity contribution in [1.82, 2.24) is 0 Å². The molecule has 0 aromatic carbocycles. The highest BCUT2D eigenvalue weighted by atomic mass is 31.2. The first-order valence-corrected chi connectivity index (χ1v) is 24.8. The van der Waals surface area contributed by atoms with Crippen LogP contribution in [0.25, 0.3) is 0 Å². The van der Waals surface area contributed by atoms with Crippen LogP contribution in [0.1, 0.15) is 226 Å². The lowest BCUT2D eigenvalue weighted by atomic mass is 10.0.